The van der Waals surface area contributed by atoms with E-state index < -0.39 is 0 Å². The van der Waals surface area contributed by atoms with Gasteiger partial charge in [0.2, 0.25) is 11.8 Å². The topological polar surface area (TPSA) is 71.1 Å². The summed E-state index contributed by atoms with van der Waals surface area (Å²) in [6.45, 7) is 3.45. The summed E-state index contributed by atoms with van der Waals surface area (Å²) in [6, 6.07) is 10.9. The van der Waals surface area contributed by atoms with Crippen molar-refractivity contribution in [2.24, 2.45) is 0 Å². The molecule has 0 fully saturated rings. The van der Waals surface area contributed by atoms with Crippen LogP contribution in [0.25, 0.3) is 0 Å². The smallest absolute Gasteiger partial charge is 0.224 e. The molecule has 0 aliphatic heterocycles. The van der Waals surface area contributed by atoms with Crippen molar-refractivity contribution in [2.75, 3.05) is 10.6 Å². The molecular weight excluding hydrogens is 278 g/mol. The van der Waals surface area contributed by atoms with Gasteiger partial charge in [0.15, 0.2) is 0 Å². The van der Waals surface area contributed by atoms with E-state index in [0.717, 1.165) is 5.56 Å². The molecule has 0 aliphatic carbocycles. The van der Waals surface area contributed by atoms with Crippen LogP contribution in [0.1, 0.15) is 31.7 Å². The van der Waals surface area contributed by atoms with Gasteiger partial charge in [0.05, 0.1) is 0 Å². The third-order valence-corrected chi connectivity index (χ3v) is 3.23. The monoisotopic (exact) mass is 297 g/mol. The fourth-order valence-electron chi connectivity index (χ4n) is 2.18. The Labute approximate surface area is 129 Å². The molecule has 1 atom stereocenters. The Bertz CT molecular complexity index is 656. The van der Waals surface area contributed by atoms with E-state index in [4.69, 9.17) is 0 Å². The van der Waals surface area contributed by atoms with Crippen LogP contribution in [-0.2, 0) is 9.59 Å². The van der Waals surface area contributed by atoms with E-state index in [-0.39, 0.29) is 17.7 Å². The second-order valence-corrected chi connectivity index (χ2v) is 5.20. The summed E-state index contributed by atoms with van der Waals surface area (Å²) < 4.78 is 0. The maximum absolute atomic E-state index is 12.1. The van der Waals surface area contributed by atoms with E-state index in [1.165, 1.54) is 6.92 Å². The lowest BCUT2D eigenvalue weighted by molar-refractivity contribution is -0.116. The molecule has 1 aromatic heterocycles. The number of carbonyl (C=O) groups excluding carboxylic acids is 2. The minimum absolute atomic E-state index is 0.0655. The molecule has 1 heterocycles. The Kier molecular flexibility index (Phi) is 5.25. The molecule has 22 heavy (non-hydrogen) atoms. The molecule has 0 unspecified atom stereocenters. The van der Waals surface area contributed by atoms with Crippen molar-refractivity contribution in [3.63, 3.8) is 0 Å². The lowest BCUT2D eigenvalue weighted by Gasteiger charge is -2.12. The van der Waals surface area contributed by atoms with Gasteiger partial charge in [-0.2, -0.15) is 0 Å². The van der Waals surface area contributed by atoms with Gasteiger partial charge in [0.25, 0.3) is 0 Å². The number of carbonyl (C=O) groups is 2. The molecule has 2 rings (SSSR count). The molecule has 1 aromatic carbocycles. The van der Waals surface area contributed by atoms with Crippen molar-refractivity contribution in [2.45, 2.75) is 26.2 Å². The van der Waals surface area contributed by atoms with E-state index in [1.54, 1.807) is 36.7 Å². The molecule has 0 saturated heterocycles. The number of anilines is 2. The quantitative estimate of drug-likeness (QED) is 0.890. The average Bonchev–Trinajstić information content (AvgIpc) is 2.47. The molecule has 2 N–H and O–H groups in total. The first kappa shape index (κ1) is 15.7. The number of nitrogens with zero attached hydrogens (tertiary/aromatic N) is 1. The summed E-state index contributed by atoms with van der Waals surface area (Å²) in [5.41, 5.74) is 2.41. The van der Waals surface area contributed by atoms with Crippen LogP contribution in [0.3, 0.4) is 0 Å². The Morgan fingerprint density at radius 2 is 1.73 bits per heavy atom. The molecule has 5 nitrogen and oxygen atoms in total. The van der Waals surface area contributed by atoms with Gasteiger partial charge in [-0.15, -0.1) is 0 Å². The molecule has 0 radical (unpaired) electrons. The van der Waals surface area contributed by atoms with Crippen molar-refractivity contribution >= 4 is 23.2 Å². The molecule has 0 spiro atoms. The van der Waals surface area contributed by atoms with Crippen LogP contribution in [0.15, 0.2) is 48.8 Å². The van der Waals surface area contributed by atoms with Gasteiger partial charge < -0.3 is 10.6 Å². The van der Waals surface area contributed by atoms with Gasteiger partial charge in [-0.25, -0.2) is 0 Å². The minimum atomic E-state index is -0.144. The van der Waals surface area contributed by atoms with E-state index >= 15 is 0 Å². The third-order valence-electron chi connectivity index (χ3n) is 3.23. The zero-order valence-corrected chi connectivity index (χ0v) is 12.7. The zero-order chi connectivity index (χ0) is 15.9. The van der Waals surface area contributed by atoms with Crippen LogP contribution in [-0.4, -0.2) is 16.8 Å². The maximum atomic E-state index is 12.1. The Morgan fingerprint density at radius 3 is 2.36 bits per heavy atom. The zero-order valence-electron chi connectivity index (χ0n) is 12.7. The number of hydrogen-bond acceptors (Lipinski definition) is 3. The van der Waals surface area contributed by atoms with Crippen molar-refractivity contribution in [1.82, 2.24) is 4.98 Å². The molecular formula is C17H19N3O2. The number of nitrogens with one attached hydrogen (secondary N) is 2. The van der Waals surface area contributed by atoms with Crippen LogP contribution in [0.2, 0.25) is 0 Å². The van der Waals surface area contributed by atoms with Gasteiger partial charge >= 0.3 is 0 Å². The number of benzene rings is 1. The van der Waals surface area contributed by atoms with Crippen LogP contribution >= 0.6 is 0 Å². The molecule has 114 valence electrons. The summed E-state index contributed by atoms with van der Waals surface area (Å²) in [5.74, 6) is -0.0967. The minimum Gasteiger partial charge on any atom is -0.326 e. The summed E-state index contributed by atoms with van der Waals surface area (Å²) in [6.07, 6.45) is 3.83. The van der Waals surface area contributed by atoms with E-state index in [2.05, 4.69) is 15.6 Å². The van der Waals surface area contributed by atoms with Gasteiger partial charge in [-0.1, -0.05) is 13.0 Å². The van der Waals surface area contributed by atoms with Gasteiger partial charge in [-0.05, 0) is 41.8 Å². The van der Waals surface area contributed by atoms with Gasteiger partial charge in [0, 0.05) is 37.1 Å². The van der Waals surface area contributed by atoms with Crippen molar-refractivity contribution < 1.29 is 9.59 Å². The standard InChI is InChI=1S/C17H19N3O2/c1-12(14-6-8-18-9-7-14)10-17(22)20-16-5-3-4-15(11-16)19-13(2)21/h3-9,11-12H,10H2,1-2H3,(H,19,21)(H,20,22)/t12-/m0/s1. The first-order valence-corrected chi connectivity index (χ1v) is 7.12. The summed E-state index contributed by atoms with van der Waals surface area (Å²) >= 11 is 0. The molecule has 2 amide bonds. The second-order valence-electron chi connectivity index (χ2n) is 5.20. The van der Waals surface area contributed by atoms with E-state index in [9.17, 15) is 9.59 Å². The van der Waals surface area contributed by atoms with Crippen molar-refractivity contribution in [1.29, 1.82) is 0 Å². The predicted molar refractivity (Wildman–Crippen MR) is 86.6 cm³/mol. The highest BCUT2D eigenvalue weighted by Gasteiger charge is 2.11. The first-order chi connectivity index (χ1) is 10.5. The normalized spacial score (nSPS) is 11.5. The maximum Gasteiger partial charge on any atom is 0.224 e. The van der Waals surface area contributed by atoms with E-state index in [0.29, 0.717) is 17.8 Å². The highest BCUT2D eigenvalue weighted by Crippen LogP contribution is 2.20. The number of aromatic nitrogens is 1. The molecule has 0 bridgehead atoms. The van der Waals surface area contributed by atoms with Crippen LogP contribution < -0.4 is 10.6 Å². The summed E-state index contributed by atoms with van der Waals surface area (Å²) in [5, 5.41) is 5.54. The van der Waals surface area contributed by atoms with Gasteiger partial charge in [-0.3, -0.25) is 14.6 Å². The number of rotatable bonds is 5. The number of amides is 2. The Hall–Kier alpha value is -2.69. The third kappa shape index (κ3) is 4.70. The first-order valence-electron chi connectivity index (χ1n) is 7.12. The Morgan fingerprint density at radius 1 is 1.09 bits per heavy atom. The molecule has 0 aliphatic rings. The highest BCUT2D eigenvalue weighted by molar-refractivity contribution is 5.93. The average molecular weight is 297 g/mol. The van der Waals surface area contributed by atoms with Crippen molar-refractivity contribution in [3.05, 3.63) is 54.4 Å². The van der Waals surface area contributed by atoms with Crippen LogP contribution in [0.5, 0.6) is 0 Å². The molecule has 2 aromatic rings. The lowest BCUT2D eigenvalue weighted by Crippen LogP contribution is -2.14. The summed E-state index contributed by atoms with van der Waals surface area (Å²) in [7, 11) is 0. The SMILES string of the molecule is CC(=O)Nc1cccc(NC(=O)C[C@H](C)c2ccncc2)c1. The van der Waals surface area contributed by atoms with Gasteiger partial charge in [0.1, 0.15) is 0 Å². The molecule has 5 heteroatoms. The second kappa shape index (κ2) is 7.36. The largest absolute Gasteiger partial charge is 0.326 e. The van der Waals surface area contributed by atoms with Crippen LogP contribution in [0.4, 0.5) is 11.4 Å². The fourth-order valence-corrected chi connectivity index (χ4v) is 2.18. The number of hydrogen-bond donors (Lipinski definition) is 2. The Balaban J connectivity index is 1.96. The highest BCUT2D eigenvalue weighted by atomic mass is 16.2. The lowest BCUT2D eigenvalue weighted by atomic mass is 9.98. The van der Waals surface area contributed by atoms with E-state index in [1.807, 2.05) is 19.1 Å². The predicted octanol–water partition coefficient (Wildman–Crippen LogP) is 3.17. The fraction of sp³-hybridized carbons (Fsp3) is 0.235. The number of pyridine rings is 1. The van der Waals surface area contributed by atoms with Crippen LogP contribution in [0, 0.1) is 0 Å². The van der Waals surface area contributed by atoms with Crippen molar-refractivity contribution in [3.8, 4) is 0 Å². The summed E-state index contributed by atoms with van der Waals surface area (Å²) in [4.78, 5) is 27.1. The molecule has 0 saturated carbocycles.